The molecule has 1 atom stereocenters. The highest BCUT2D eigenvalue weighted by molar-refractivity contribution is 5.61. The summed E-state index contributed by atoms with van der Waals surface area (Å²) in [7, 11) is 1.42. The standard InChI is InChI=1S/C13H17F3N2O3/c1-9(4-3-7-13(14,15)16)17-11-8-10(18(19)20)5-6-12(11)21-2/h5-6,8-9,17H,3-4,7H2,1-2H3. The molecular formula is C13H17F3N2O3. The Hall–Kier alpha value is -1.99. The molecule has 8 heteroatoms. The Bertz CT molecular complexity index is 492. The number of nitrogens with one attached hydrogen (secondary N) is 1. The van der Waals surface area contributed by atoms with Gasteiger partial charge in [-0.15, -0.1) is 0 Å². The van der Waals surface area contributed by atoms with Crippen LogP contribution in [0.3, 0.4) is 0 Å². The van der Waals surface area contributed by atoms with Crippen LogP contribution in [0.15, 0.2) is 18.2 Å². The van der Waals surface area contributed by atoms with E-state index in [0.29, 0.717) is 17.9 Å². The summed E-state index contributed by atoms with van der Waals surface area (Å²) in [4.78, 5) is 10.2. The maximum Gasteiger partial charge on any atom is 0.389 e. The van der Waals surface area contributed by atoms with Crippen molar-refractivity contribution in [3.8, 4) is 5.75 Å². The quantitative estimate of drug-likeness (QED) is 0.607. The summed E-state index contributed by atoms with van der Waals surface area (Å²) in [6.45, 7) is 1.72. The van der Waals surface area contributed by atoms with Crippen molar-refractivity contribution < 1.29 is 22.8 Å². The molecule has 0 aliphatic heterocycles. The molecule has 0 radical (unpaired) electrons. The molecule has 0 spiro atoms. The van der Waals surface area contributed by atoms with Gasteiger partial charge < -0.3 is 10.1 Å². The van der Waals surface area contributed by atoms with Crippen LogP contribution in [0.25, 0.3) is 0 Å². The number of hydrogen-bond acceptors (Lipinski definition) is 4. The number of nitro groups is 1. The zero-order chi connectivity index (χ0) is 16.0. The van der Waals surface area contributed by atoms with Crippen molar-refractivity contribution in [2.45, 2.75) is 38.4 Å². The Morgan fingerprint density at radius 1 is 1.43 bits per heavy atom. The number of hydrogen-bond donors (Lipinski definition) is 1. The van der Waals surface area contributed by atoms with Gasteiger partial charge in [0.25, 0.3) is 5.69 Å². The van der Waals surface area contributed by atoms with E-state index in [9.17, 15) is 23.3 Å². The van der Waals surface area contributed by atoms with Crippen molar-refractivity contribution in [2.75, 3.05) is 12.4 Å². The van der Waals surface area contributed by atoms with E-state index in [1.165, 1.54) is 25.3 Å². The second-order valence-corrected chi connectivity index (χ2v) is 4.69. The van der Waals surface area contributed by atoms with Gasteiger partial charge in [0, 0.05) is 24.6 Å². The lowest BCUT2D eigenvalue weighted by Crippen LogP contribution is -2.17. The van der Waals surface area contributed by atoms with Crippen LogP contribution in [-0.2, 0) is 0 Å². The lowest BCUT2D eigenvalue weighted by molar-refractivity contribution is -0.384. The number of alkyl halides is 3. The second kappa shape index (κ2) is 7.14. The first-order chi connectivity index (χ1) is 9.73. The predicted molar refractivity (Wildman–Crippen MR) is 72.6 cm³/mol. The smallest absolute Gasteiger partial charge is 0.389 e. The van der Waals surface area contributed by atoms with E-state index < -0.39 is 17.5 Å². The average Bonchev–Trinajstić information content (AvgIpc) is 2.36. The fourth-order valence-corrected chi connectivity index (χ4v) is 1.87. The minimum absolute atomic E-state index is 0.00505. The van der Waals surface area contributed by atoms with Crippen LogP contribution in [0, 0.1) is 10.1 Å². The van der Waals surface area contributed by atoms with Crippen molar-refractivity contribution in [3.63, 3.8) is 0 Å². The highest BCUT2D eigenvalue weighted by Crippen LogP contribution is 2.30. The van der Waals surface area contributed by atoms with E-state index in [-0.39, 0.29) is 18.2 Å². The van der Waals surface area contributed by atoms with Crippen molar-refractivity contribution in [3.05, 3.63) is 28.3 Å². The monoisotopic (exact) mass is 306 g/mol. The van der Waals surface area contributed by atoms with Gasteiger partial charge in [-0.2, -0.15) is 13.2 Å². The molecule has 21 heavy (non-hydrogen) atoms. The van der Waals surface area contributed by atoms with Crippen molar-refractivity contribution >= 4 is 11.4 Å². The molecule has 0 aromatic heterocycles. The first kappa shape index (κ1) is 17.1. The van der Waals surface area contributed by atoms with Gasteiger partial charge in [0.15, 0.2) is 0 Å². The van der Waals surface area contributed by atoms with E-state index in [1.807, 2.05) is 0 Å². The zero-order valence-corrected chi connectivity index (χ0v) is 11.7. The van der Waals surface area contributed by atoms with Crippen LogP contribution in [0.2, 0.25) is 0 Å². The van der Waals surface area contributed by atoms with Gasteiger partial charge in [0.05, 0.1) is 17.7 Å². The maximum absolute atomic E-state index is 12.1. The molecule has 1 N–H and O–H groups in total. The van der Waals surface area contributed by atoms with E-state index in [4.69, 9.17) is 4.74 Å². The van der Waals surface area contributed by atoms with Crippen molar-refractivity contribution in [2.24, 2.45) is 0 Å². The zero-order valence-electron chi connectivity index (χ0n) is 11.7. The fraction of sp³-hybridized carbons (Fsp3) is 0.538. The predicted octanol–water partition coefficient (Wildman–Crippen LogP) is 4.14. The maximum atomic E-state index is 12.1. The van der Waals surface area contributed by atoms with Crippen LogP contribution in [-0.4, -0.2) is 24.3 Å². The number of ether oxygens (including phenoxy) is 1. The molecule has 0 aliphatic carbocycles. The normalized spacial score (nSPS) is 12.8. The molecule has 0 fully saturated rings. The molecule has 0 amide bonds. The molecule has 0 aliphatic rings. The summed E-state index contributed by atoms with van der Waals surface area (Å²) < 4.78 is 41.3. The minimum atomic E-state index is -4.16. The van der Waals surface area contributed by atoms with E-state index in [2.05, 4.69) is 5.32 Å². The summed E-state index contributed by atoms with van der Waals surface area (Å²) in [5, 5.41) is 13.7. The number of benzene rings is 1. The number of rotatable bonds is 7. The van der Waals surface area contributed by atoms with Gasteiger partial charge in [0.1, 0.15) is 5.75 Å². The third kappa shape index (κ3) is 5.88. The number of methoxy groups -OCH3 is 1. The Balaban J connectivity index is 2.67. The Labute approximate surface area is 120 Å². The minimum Gasteiger partial charge on any atom is -0.495 e. The highest BCUT2D eigenvalue weighted by Gasteiger charge is 2.26. The average molecular weight is 306 g/mol. The number of non-ortho nitro benzene ring substituents is 1. The van der Waals surface area contributed by atoms with Crippen LogP contribution in [0.5, 0.6) is 5.75 Å². The molecule has 5 nitrogen and oxygen atoms in total. The molecule has 118 valence electrons. The Kier molecular flexibility index (Phi) is 5.80. The van der Waals surface area contributed by atoms with Gasteiger partial charge in [-0.1, -0.05) is 0 Å². The Morgan fingerprint density at radius 2 is 2.10 bits per heavy atom. The summed E-state index contributed by atoms with van der Waals surface area (Å²) in [5.74, 6) is 0.406. The van der Waals surface area contributed by atoms with Gasteiger partial charge in [-0.25, -0.2) is 0 Å². The first-order valence-corrected chi connectivity index (χ1v) is 6.38. The third-order valence-corrected chi connectivity index (χ3v) is 2.89. The first-order valence-electron chi connectivity index (χ1n) is 6.38. The SMILES string of the molecule is COc1ccc([N+](=O)[O-])cc1NC(C)CCCC(F)(F)F. The molecule has 1 aromatic rings. The molecule has 0 saturated carbocycles. The summed E-state index contributed by atoms with van der Waals surface area (Å²) in [6, 6.07) is 3.80. The summed E-state index contributed by atoms with van der Waals surface area (Å²) in [6.07, 6.45) is -4.71. The lowest BCUT2D eigenvalue weighted by Gasteiger charge is -2.17. The van der Waals surface area contributed by atoms with E-state index in [0.717, 1.165) is 0 Å². The highest BCUT2D eigenvalue weighted by atomic mass is 19.4. The number of anilines is 1. The van der Waals surface area contributed by atoms with Gasteiger partial charge in [0.2, 0.25) is 0 Å². The largest absolute Gasteiger partial charge is 0.495 e. The topological polar surface area (TPSA) is 64.4 Å². The molecule has 1 unspecified atom stereocenters. The van der Waals surface area contributed by atoms with Crippen molar-refractivity contribution in [1.29, 1.82) is 0 Å². The number of nitro benzene ring substituents is 1. The molecule has 1 rings (SSSR count). The van der Waals surface area contributed by atoms with E-state index >= 15 is 0 Å². The number of halogens is 3. The fourth-order valence-electron chi connectivity index (χ4n) is 1.87. The Morgan fingerprint density at radius 3 is 2.62 bits per heavy atom. The lowest BCUT2D eigenvalue weighted by atomic mass is 10.1. The molecule has 1 aromatic carbocycles. The second-order valence-electron chi connectivity index (χ2n) is 4.69. The number of nitrogens with zero attached hydrogens (tertiary/aromatic N) is 1. The van der Waals surface area contributed by atoms with Gasteiger partial charge in [-0.3, -0.25) is 10.1 Å². The van der Waals surface area contributed by atoms with Crippen LogP contribution < -0.4 is 10.1 Å². The molecule has 0 saturated heterocycles. The molecule has 0 heterocycles. The van der Waals surface area contributed by atoms with E-state index in [1.54, 1.807) is 6.92 Å². The molecule has 0 bridgehead atoms. The van der Waals surface area contributed by atoms with Crippen LogP contribution >= 0.6 is 0 Å². The molecular weight excluding hydrogens is 289 g/mol. The van der Waals surface area contributed by atoms with Crippen molar-refractivity contribution in [1.82, 2.24) is 0 Å². The summed E-state index contributed by atoms with van der Waals surface area (Å²) >= 11 is 0. The van der Waals surface area contributed by atoms with Gasteiger partial charge >= 0.3 is 6.18 Å². The van der Waals surface area contributed by atoms with Crippen LogP contribution in [0.1, 0.15) is 26.2 Å². The van der Waals surface area contributed by atoms with Gasteiger partial charge in [-0.05, 0) is 25.8 Å². The van der Waals surface area contributed by atoms with Crippen LogP contribution in [0.4, 0.5) is 24.5 Å². The summed E-state index contributed by atoms with van der Waals surface area (Å²) in [5.41, 5.74) is 0.284. The third-order valence-electron chi connectivity index (χ3n) is 2.89.